The van der Waals surface area contributed by atoms with Crippen molar-refractivity contribution in [2.45, 2.75) is 33.1 Å². The molecule has 0 radical (unpaired) electrons. The van der Waals surface area contributed by atoms with Crippen LogP contribution in [0.4, 0.5) is 11.6 Å². The monoisotopic (exact) mass is 286 g/mol. The Hall–Kier alpha value is -2.50. The van der Waals surface area contributed by atoms with E-state index < -0.39 is 0 Å². The van der Waals surface area contributed by atoms with E-state index in [-0.39, 0.29) is 22.7 Å². The minimum atomic E-state index is -0.359. The molecule has 0 bridgehead atoms. The summed E-state index contributed by atoms with van der Waals surface area (Å²) in [5, 5.41) is 10.9. The van der Waals surface area contributed by atoms with E-state index in [0.717, 1.165) is 0 Å². The molecule has 2 N–H and O–H groups in total. The van der Waals surface area contributed by atoms with Gasteiger partial charge in [0.2, 0.25) is 5.95 Å². The third kappa shape index (κ3) is 3.53. The van der Waals surface area contributed by atoms with E-state index in [9.17, 15) is 9.59 Å². The molecule has 0 unspecified atom stereocenters. The smallest absolute Gasteiger partial charge is 0.274 e. The molecule has 0 saturated heterocycles. The molecule has 0 amide bonds. The molecular weight excluding hydrogens is 268 g/mol. The first-order valence-electron chi connectivity index (χ1n) is 6.63. The first kappa shape index (κ1) is 14.9. The van der Waals surface area contributed by atoms with Crippen LogP contribution in [0.1, 0.15) is 43.7 Å². The van der Waals surface area contributed by atoms with Crippen molar-refractivity contribution in [1.29, 1.82) is 0 Å². The number of aromatic nitrogens is 3. The highest BCUT2D eigenvalue weighted by Gasteiger charge is 2.20. The number of benzene rings is 1. The van der Waals surface area contributed by atoms with E-state index in [0.29, 0.717) is 16.9 Å². The molecule has 110 valence electrons. The average molecular weight is 286 g/mol. The van der Waals surface area contributed by atoms with Crippen molar-refractivity contribution in [2.24, 2.45) is 0 Å². The van der Waals surface area contributed by atoms with Crippen LogP contribution in [-0.2, 0) is 5.41 Å². The number of carbonyl (C=O) groups excluding carboxylic acids is 1. The molecule has 0 fully saturated rings. The molecule has 1 aromatic heterocycles. The third-order valence-corrected chi connectivity index (χ3v) is 2.96. The molecule has 0 spiro atoms. The number of anilines is 2. The number of nitrogens with one attached hydrogen (secondary N) is 2. The van der Waals surface area contributed by atoms with Gasteiger partial charge in [-0.05, 0) is 31.2 Å². The van der Waals surface area contributed by atoms with E-state index >= 15 is 0 Å². The highest BCUT2D eigenvalue weighted by atomic mass is 16.1. The van der Waals surface area contributed by atoms with Crippen LogP contribution in [0.15, 0.2) is 29.1 Å². The lowest BCUT2D eigenvalue weighted by molar-refractivity contribution is 0.101. The number of hydrogen-bond donors (Lipinski definition) is 2. The Kier molecular flexibility index (Phi) is 3.88. The van der Waals surface area contributed by atoms with E-state index in [4.69, 9.17) is 0 Å². The van der Waals surface area contributed by atoms with Gasteiger partial charge in [0.15, 0.2) is 5.78 Å². The van der Waals surface area contributed by atoms with Crippen LogP contribution >= 0.6 is 0 Å². The lowest BCUT2D eigenvalue weighted by Gasteiger charge is -2.15. The predicted molar refractivity (Wildman–Crippen MR) is 81.1 cm³/mol. The predicted octanol–water partition coefficient (Wildman–Crippen LogP) is 2.41. The highest BCUT2D eigenvalue weighted by molar-refractivity contribution is 5.94. The Balaban J connectivity index is 2.22. The van der Waals surface area contributed by atoms with E-state index in [1.807, 2.05) is 20.8 Å². The maximum absolute atomic E-state index is 12.0. The second-order valence-electron chi connectivity index (χ2n) is 5.86. The summed E-state index contributed by atoms with van der Waals surface area (Å²) in [5.74, 6) is 0.271. The van der Waals surface area contributed by atoms with Crippen molar-refractivity contribution in [3.63, 3.8) is 0 Å². The zero-order valence-corrected chi connectivity index (χ0v) is 12.5. The normalized spacial score (nSPS) is 11.2. The fourth-order valence-electron chi connectivity index (χ4n) is 1.81. The van der Waals surface area contributed by atoms with Gasteiger partial charge >= 0.3 is 0 Å². The molecule has 1 aromatic carbocycles. The van der Waals surface area contributed by atoms with Gasteiger partial charge in [0.05, 0.1) is 0 Å². The van der Waals surface area contributed by atoms with E-state index in [2.05, 4.69) is 20.5 Å². The van der Waals surface area contributed by atoms with E-state index in [1.165, 1.54) is 6.92 Å². The van der Waals surface area contributed by atoms with Crippen LogP contribution in [-0.4, -0.2) is 21.0 Å². The number of rotatable bonds is 3. The molecule has 2 rings (SSSR count). The summed E-state index contributed by atoms with van der Waals surface area (Å²) in [6.45, 7) is 7.22. The zero-order valence-electron chi connectivity index (χ0n) is 12.5. The summed E-state index contributed by atoms with van der Waals surface area (Å²) in [6, 6.07) is 6.91. The molecule has 1 heterocycles. The SMILES string of the molecule is CC(=O)c1ccc(Nc2nnc(C(C)(C)C)c(=O)[nH]2)cc1. The molecule has 0 aliphatic heterocycles. The second kappa shape index (κ2) is 5.47. The summed E-state index contributed by atoms with van der Waals surface area (Å²) in [7, 11) is 0. The summed E-state index contributed by atoms with van der Waals surface area (Å²) < 4.78 is 0. The lowest BCUT2D eigenvalue weighted by Crippen LogP contribution is -2.28. The Morgan fingerprint density at radius 3 is 2.24 bits per heavy atom. The summed E-state index contributed by atoms with van der Waals surface area (Å²) >= 11 is 0. The molecule has 6 nitrogen and oxygen atoms in total. The van der Waals surface area contributed by atoms with Gasteiger partial charge in [-0.15, -0.1) is 10.2 Å². The van der Waals surface area contributed by atoms with E-state index in [1.54, 1.807) is 24.3 Å². The van der Waals surface area contributed by atoms with Crippen LogP contribution in [0.25, 0.3) is 0 Å². The first-order valence-corrected chi connectivity index (χ1v) is 6.63. The molecule has 0 aliphatic rings. The van der Waals surface area contributed by atoms with Crippen molar-refractivity contribution in [1.82, 2.24) is 15.2 Å². The minimum absolute atomic E-state index is 0.00396. The van der Waals surface area contributed by atoms with Crippen molar-refractivity contribution in [2.75, 3.05) is 5.32 Å². The average Bonchev–Trinajstić information content (AvgIpc) is 2.37. The van der Waals surface area contributed by atoms with Crippen LogP contribution in [0, 0.1) is 0 Å². The third-order valence-electron chi connectivity index (χ3n) is 2.96. The van der Waals surface area contributed by atoms with Crippen molar-refractivity contribution in [3.05, 3.63) is 45.9 Å². The topological polar surface area (TPSA) is 87.7 Å². The number of carbonyl (C=O) groups is 1. The van der Waals surface area contributed by atoms with Crippen molar-refractivity contribution < 1.29 is 4.79 Å². The lowest BCUT2D eigenvalue weighted by atomic mass is 9.93. The summed E-state index contributed by atoms with van der Waals surface area (Å²) in [6.07, 6.45) is 0. The maximum atomic E-state index is 12.0. The highest BCUT2D eigenvalue weighted by Crippen LogP contribution is 2.17. The molecule has 21 heavy (non-hydrogen) atoms. The molecule has 0 atom stereocenters. The fourth-order valence-corrected chi connectivity index (χ4v) is 1.81. The Bertz CT molecular complexity index is 712. The van der Waals surface area contributed by atoms with Gasteiger partial charge in [-0.25, -0.2) is 0 Å². The van der Waals surface area contributed by atoms with Crippen LogP contribution in [0.5, 0.6) is 0 Å². The zero-order chi connectivity index (χ0) is 15.6. The maximum Gasteiger partial charge on any atom is 0.274 e. The number of aromatic amines is 1. The van der Waals surface area contributed by atoms with Crippen molar-refractivity contribution >= 4 is 17.4 Å². The Morgan fingerprint density at radius 1 is 1.14 bits per heavy atom. The van der Waals surface area contributed by atoms with Gasteiger partial charge < -0.3 is 5.32 Å². The first-order chi connectivity index (χ1) is 9.77. The van der Waals surface area contributed by atoms with Gasteiger partial charge in [0.25, 0.3) is 5.56 Å². The number of Topliss-reactive ketones (excluding diaryl/α,β-unsaturated/α-hetero) is 1. The van der Waals surface area contributed by atoms with Gasteiger partial charge in [-0.1, -0.05) is 20.8 Å². The van der Waals surface area contributed by atoms with Gasteiger partial charge in [0, 0.05) is 16.7 Å². The molecule has 0 saturated carbocycles. The molecule has 2 aromatic rings. The van der Waals surface area contributed by atoms with Crippen LogP contribution in [0.3, 0.4) is 0 Å². The number of hydrogen-bond acceptors (Lipinski definition) is 5. The number of nitrogens with zero attached hydrogens (tertiary/aromatic N) is 2. The van der Waals surface area contributed by atoms with Crippen LogP contribution in [0.2, 0.25) is 0 Å². The Morgan fingerprint density at radius 2 is 1.76 bits per heavy atom. The standard InChI is InChI=1S/C15H18N4O2/c1-9(20)10-5-7-11(8-6-10)16-14-17-13(21)12(18-19-14)15(2,3)4/h5-8H,1-4H3,(H2,16,17,19,21). The molecule has 6 heteroatoms. The number of ketones is 1. The minimum Gasteiger partial charge on any atom is -0.324 e. The summed E-state index contributed by atoms with van der Waals surface area (Å²) in [4.78, 5) is 25.8. The number of H-pyrrole nitrogens is 1. The van der Waals surface area contributed by atoms with Gasteiger partial charge in [-0.3, -0.25) is 14.6 Å². The molecule has 0 aliphatic carbocycles. The fraction of sp³-hybridized carbons (Fsp3) is 0.333. The quantitative estimate of drug-likeness (QED) is 0.846. The van der Waals surface area contributed by atoms with Gasteiger partial charge in [-0.2, -0.15) is 0 Å². The van der Waals surface area contributed by atoms with Crippen molar-refractivity contribution in [3.8, 4) is 0 Å². The summed E-state index contributed by atoms with van der Waals surface area (Å²) in [5.41, 5.74) is 1.11. The second-order valence-corrected chi connectivity index (χ2v) is 5.86. The largest absolute Gasteiger partial charge is 0.324 e. The van der Waals surface area contributed by atoms with Gasteiger partial charge in [0.1, 0.15) is 5.69 Å². The molecular formula is C15H18N4O2. The van der Waals surface area contributed by atoms with Crippen LogP contribution < -0.4 is 10.9 Å². The Labute approximate surface area is 122 Å².